The van der Waals surface area contributed by atoms with Gasteiger partial charge in [-0.2, -0.15) is 0 Å². The first-order valence-electron chi connectivity index (χ1n) is 13.4. The van der Waals surface area contributed by atoms with Crippen molar-refractivity contribution in [2.75, 3.05) is 6.61 Å². The SMILES string of the molecule is CCc1ccc(Cc2c(C)cc(C)nc2O[C@@H]2O[C@H](COC(C)=O)[C@@H](OC(C)=O)[C@H](OC(C)=O)[C@H]2OC(C)=O)cc1. The summed E-state index contributed by atoms with van der Waals surface area (Å²) in [5.74, 6) is -2.53. The molecule has 0 saturated carbocycles. The largest absolute Gasteiger partial charge is 0.463 e. The summed E-state index contributed by atoms with van der Waals surface area (Å²) in [7, 11) is 0. The topological polar surface area (TPSA) is 137 Å². The Kier molecular flexibility index (Phi) is 10.8. The molecule has 0 aliphatic carbocycles. The van der Waals surface area contributed by atoms with Crippen molar-refractivity contribution in [3.63, 3.8) is 0 Å². The number of benzene rings is 1. The maximum atomic E-state index is 12.2. The number of rotatable bonds is 10. The maximum Gasteiger partial charge on any atom is 0.303 e. The van der Waals surface area contributed by atoms with Crippen LogP contribution in [0.3, 0.4) is 0 Å². The van der Waals surface area contributed by atoms with Crippen molar-refractivity contribution in [1.82, 2.24) is 4.98 Å². The van der Waals surface area contributed by atoms with Crippen LogP contribution in [-0.2, 0) is 55.7 Å². The molecule has 222 valence electrons. The third kappa shape index (κ3) is 8.75. The fourth-order valence-corrected chi connectivity index (χ4v) is 4.63. The molecule has 1 aliphatic heterocycles. The van der Waals surface area contributed by atoms with Crippen molar-refractivity contribution < 1.29 is 47.6 Å². The molecule has 0 bridgehead atoms. The van der Waals surface area contributed by atoms with Gasteiger partial charge < -0.3 is 28.4 Å². The highest BCUT2D eigenvalue weighted by Crippen LogP contribution is 2.33. The van der Waals surface area contributed by atoms with E-state index in [4.69, 9.17) is 28.4 Å². The molecule has 1 aromatic heterocycles. The van der Waals surface area contributed by atoms with Crippen LogP contribution < -0.4 is 4.74 Å². The lowest BCUT2D eigenvalue weighted by atomic mass is 9.97. The van der Waals surface area contributed by atoms with Crippen LogP contribution in [0.25, 0.3) is 0 Å². The molecule has 0 unspecified atom stereocenters. The van der Waals surface area contributed by atoms with E-state index in [9.17, 15) is 19.2 Å². The van der Waals surface area contributed by atoms with Gasteiger partial charge in [-0.1, -0.05) is 31.2 Å². The minimum Gasteiger partial charge on any atom is -0.463 e. The van der Waals surface area contributed by atoms with Gasteiger partial charge in [-0.05, 0) is 43.0 Å². The number of hydrogen-bond donors (Lipinski definition) is 0. The zero-order valence-electron chi connectivity index (χ0n) is 24.4. The number of hydrogen-bond acceptors (Lipinski definition) is 11. The molecule has 1 aliphatic rings. The highest BCUT2D eigenvalue weighted by Gasteiger charge is 2.53. The molecule has 41 heavy (non-hydrogen) atoms. The van der Waals surface area contributed by atoms with E-state index < -0.39 is 54.6 Å². The van der Waals surface area contributed by atoms with Crippen molar-refractivity contribution in [3.05, 3.63) is 58.3 Å². The molecule has 1 aromatic carbocycles. The van der Waals surface area contributed by atoms with Gasteiger partial charge in [0.25, 0.3) is 0 Å². The van der Waals surface area contributed by atoms with E-state index in [1.807, 2.05) is 32.0 Å². The molecular formula is C30H37NO10. The van der Waals surface area contributed by atoms with Gasteiger partial charge in [0, 0.05) is 45.4 Å². The van der Waals surface area contributed by atoms with E-state index in [1.54, 1.807) is 0 Å². The van der Waals surface area contributed by atoms with Crippen LogP contribution in [-0.4, -0.2) is 66.2 Å². The Morgan fingerprint density at radius 1 is 0.805 bits per heavy atom. The first kappa shape index (κ1) is 31.5. The predicted octanol–water partition coefficient (Wildman–Crippen LogP) is 3.31. The van der Waals surface area contributed by atoms with Crippen molar-refractivity contribution in [3.8, 4) is 5.88 Å². The van der Waals surface area contributed by atoms with Gasteiger partial charge in [0.15, 0.2) is 12.2 Å². The standard InChI is InChI=1S/C30H37NO10/c1-8-22-9-11-23(12-10-22)14-24-16(2)13-17(3)31-29(24)41-30-28(39-21(7)35)27(38-20(6)34)26(37-19(5)33)25(40-30)15-36-18(4)32/h9-13,25-28,30H,8,14-15H2,1-7H3/t25-,26-,27+,28-,30+/m1/s1. The molecule has 2 aromatic rings. The minimum atomic E-state index is -1.37. The highest BCUT2D eigenvalue weighted by atomic mass is 16.7. The fraction of sp³-hybridized carbons (Fsp3) is 0.500. The normalized spacial score (nSPS) is 21.9. The molecule has 0 radical (unpaired) electrons. The lowest BCUT2D eigenvalue weighted by molar-refractivity contribution is -0.289. The van der Waals surface area contributed by atoms with E-state index >= 15 is 0 Å². The number of carbonyl (C=O) groups is 4. The van der Waals surface area contributed by atoms with Crippen LogP contribution in [0.2, 0.25) is 0 Å². The molecule has 11 heteroatoms. The summed E-state index contributed by atoms with van der Waals surface area (Å²) in [5, 5.41) is 0. The van der Waals surface area contributed by atoms with Crippen LogP contribution in [0.4, 0.5) is 0 Å². The Labute approximate surface area is 239 Å². The zero-order valence-corrected chi connectivity index (χ0v) is 24.4. The van der Waals surface area contributed by atoms with Crippen LogP contribution >= 0.6 is 0 Å². The van der Waals surface area contributed by atoms with Crippen molar-refractivity contribution in [2.45, 2.75) is 92.0 Å². The molecule has 1 saturated heterocycles. The monoisotopic (exact) mass is 571 g/mol. The Morgan fingerprint density at radius 3 is 1.93 bits per heavy atom. The summed E-state index contributed by atoms with van der Waals surface area (Å²) in [5.41, 5.74) is 4.60. The van der Waals surface area contributed by atoms with Crippen LogP contribution in [0, 0.1) is 13.8 Å². The fourth-order valence-electron chi connectivity index (χ4n) is 4.63. The van der Waals surface area contributed by atoms with Crippen molar-refractivity contribution >= 4 is 23.9 Å². The lowest BCUT2D eigenvalue weighted by Crippen LogP contribution is -2.63. The number of aryl methyl sites for hydroxylation is 3. The van der Waals surface area contributed by atoms with Gasteiger partial charge >= 0.3 is 23.9 Å². The van der Waals surface area contributed by atoms with E-state index in [2.05, 4.69) is 24.0 Å². The number of aromatic nitrogens is 1. The Bertz CT molecular complexity index is 1260. The van der Waals surface area contributed by atoms with E-state index in [1.165, 1.54) is 19.4 Å². The van der Waals surface area contributed by atoms with Gasteiger partial charge in [0.05, 0.1) is 0 Å². The Morgan fingerprint density at radius 2 is 1.37 bits per heavy atom. The summed E-state index contributed by atoms with van der Waals surface area (Å²) in [6.45, 7) is 10.2. The van der Waals surface area contributed by atoms with Crippen molar-refractivity contribution in [2.24, 2.45) is 0 Å². The summed E-state index contributed by atoms with van der Waals surface area (Å²) >= 11 is 0. The van der Waals surface area contributed by atoms with Crippen LogP contribution in [0.1, 0.15) is 62.6 Å². The van der Waals surface area contributed by atoms with Gasteiger partial charge in [0.1, 0.15) is 12.7 Å². The Hall–Kier alpha value is -3.99. The average Bonchev–Trinajstić information content (AvgIpc) is 2.88. The molecule has 3 rings (SSSR count). The number of pyridine rings is 1. The number of carbonyl (C=O) groups excluding carboxylic acids is 4. The molecule has 11 nitrogen and oxygen atoms in total. The van der Waals surface area contributed by atoms with Crippen LogP contribution in [0.5, 0.6) is 5.88 Å². The van der Waals surface area contributed by atoms with Gasteiger partial charge in [-0.15, -0.1) is 0 Å². The Balaban J connectivity index is 2.06. The second-order valence-electron chi connectivity index (χ2n) is 9.90. The molecule has 2 heterocycles. The number of esters is 4. The summed E-state index contributed by atoms with van der Waals surface area (Å²) in [4.78, 5) is 52.5. The summed E-state index contributed by atoms with van der Waals surface area (Å²) in [6, 6.07) is 10.1. The van der Waals surface area contributed by atoms with Gasteiger partial charge in [-0.3, -0.25) is 19.2 Å². The lowest BCUT2D eigenvalue weighted by Gasteiger charge is -2.43. The quantitative estimate of drug-likeness (QED) is 0.307. The van der Waals surface area contributed by atoms with Gasteiger partial charge in [0.2, 0.25) is 18.3 Å². The third-order valence-electron chi connectivity index (χ3n) is 6.43. The summed E-state index contributed by atoms with van der Waals surface area (Å²) in [6.07, 6.45) is -5.05. The van der Waals surface area contributed by atoms with E-state index in [-0.39, 0.29) is 12.5 Å². The minimum absolute atomic E-state index is 0.225. The number of ether oxygens (including phenoxy) is 6. The first-order chi connectivity index (χ1) is 19.4. The molecule has 0 spiro atoms. The smallest absolute Gasteiger partial charge is 0.303 e. The van der Waals surface area contributed by atoms with Gasteiger partial charge in [-0.25, -0.2) is 4.98 Å². The molecule has 0 amide bonds. The number of nitrogens with zero attached hydrogens (tertiary/aromatic N) is 1. The molecule has 0 N–H and O–H groups in total. The average molecular weight is 572 g/mol. The maximum absolute atomic E-state index is 12.2. The van der Waals surface area contributed by atoms with Crippen molar-refractivity contribution in [1.29, 1.82) is 0 Å². The second-order valence-corrected chi connectivity index (χ2v) is 9.90. The summed E-state index contributed by atoms with van der Waals surface area (Å²) < 4.78 is 34.0. The third-order valence-corrected chi connectivity index (χ3v) is 6.43. The van der Waals surface area contributed by atoms with Crippen LogP contribution in [0.15, 0.2) is 30.3 Å². The predicted molar refractivity (Wildman–Crippen MR) is 145 cm³/mol. The highest BCUT2D eigenvalue weighted by molar-refractivity contribution is 5.68. The van der Waals surface area contributed by atoms with E-state index in [0.29, 0.717) is 12.1 Å². The molecule has 5 atom stereocenters. The van der Waals surface area contributed by atoms with E-state index in [0.717, 1.165) is 37.0 Å². The molecular weight excluding hydrogens is 534 g/mol. The second kappa shape index (κ2) is 14.1. The zero-order chi connectivity index (χ0) is 30.3. The molecule has 1 fully saturated rings. The first-order valence-corrected chi connectivity index (χ1v) is 13.4.